The molecule has 0 fully saturated rings. The summed E-state index contributed by atoms with van der Waals surface area (Å²) in [6.07, 6.45) is 0. The molecule has 29 heavy (non-hydrogen) atoms. The van der Waals surface area contributed by atoms with Crippen molar-refractivity contribution < 1.29 is 9.18 Å². The van der Waals surface area contributed by atoms with Crippen LogP contribution in [0.25, 0.3) is 16.5 Å². The van der Waals surface area contributed by atoms with Crippen LogP contribution in [0.1, 0.15) is 10.5 Å². The quantitative estimate of drug-likeness (QED) is 0.495. The zero-order valence-corrected chi connectivity index (χ0v) is 16.2. The minimum Gasteiger partial charge on any atom is -0.321 e. The number of hydrogen-bond donors (Lipinski definition) is 1. The highest BCUT2D eigenvalue weighted by atomic mass is 35.5. The molecule has 0 saturated heterocycles. The highest BCUT2D eigenvalue weighted by Crippen LogP contribution is 2.21. The first-order valence-corrected chi connectivity index (χ1v) is 9.24. The Balaban J connectivity index is 1.85. The van der Waals surface area contributed by atoms with E-state index in [1.165, 1.54) is 12.1 Å². The van der Waals surface area contributed by atoms with Crippen molar-refractivity contribution in [3.63, 3.8) is 0 Å². The average Bonchev–Trinajstić information content (AvgIpc) is 2.72. The topological polar surface area (TPSA) is 64.0 Å². The van der Waals surface area contributed by atoms with Gasteiger partial charge in [-0.2, -0.15) is 9.78 Å². The Morgan fingerprint density at radius 2 is 1.66 bits per heavy atom. The Kier molecular flexibility index (Phi) is 5.05. The van der Waals surface area contributed by atoms with Crippen molar-refractivity contribution in [2.24, 2.45) is 0 Å². The van der Waals surface area contributed by atoms with Gasteiger partial charge in [-0.25, -0.2) is 4.39 Å². The summed E-state index contributed by atoms with van der Waals surface area (Å²) in [6.45, 7) is 0. The lowest BCUT2D eigenvalue weighted by Gasteiger charge is -2.12. The van der Waals surface area contributed by atoms with Crippen LogP contribution in [-0.4, -0.2) is 15.7 Å². The molecule has 4 aromatic rings. The summed E-state index contributed by atoms with van der Waals surface area (Å²) in [4.78, 5) is 25.8. The van der Waals surface area contributed by atoms with E-state index in [1.54, 1.807) is 48.5 Å². The number of fused-ring (bicyclic) bond motifs is 1. The fourth-order valence-electron chi connectivity index (χ4n) is 2.88. The molecule has 4 rings (SSSR count). The van der Waals surface area contributed by atoms with E-state index in [1.807, 2.05) is 0 Å². The lowest BCUT2D eigenvalue weighted by molar-refractivity contribution is 0.102. The summed E-state index contributed by atoms with van der Waals surface area (Å²) >= 11 is 11.7. The number of rotatable bonds is 3. The molecule has 0 aliphatic heterocycles. The third-order valence-corrected chi connectivity index (χ3v) is 4.81. The molecule has 1 aromatic heterocycles. The van der Waals surface area contributed by atoms with Gasteiger partial charge >= 0.3 is 0 Å². The van der Waals surface area contributed by atoms with E-state index < -0.39 is 11.7 Å². The van der Waals surface area contributed by atoms with Crippen LogP contribution in [0.2, 0.25) is 10.0 Å². The van der Waals surface area contributed by atoms with Crippen LogP contribution in [-0.2, 0) is 0 Å². The number of amides is 1. The average molecular weight is 428 g/mol. The molecule has 3 aromatic carbocycles. The van der Waals surface area contributed by atoms with Crippen molar-refractivity contribution in [1.29, 1.82) is 0 Å². The lowest BCUT2D eigenvalue weighted by atomic mass is 10.1. The second kappa shape index (κ2) is 7.66. The van der Waals surface area contributed by atoms with Crippen LogP contribution in [0.4, 0.5) is 10.1 Å². The zero-order valence-electron chi connectivity index (χ0n) is 14.7. The largest absolute Gasteiger partial charge is 0.321 e. The third-order valence-electron chi connectivity index (χ3n) is 4.27. The van der Waals surface area contributed by atoms with Gasteiger partial charge in [0.25, 0.3) is 11.5 Å². The van der Waals surface area contributed by atoms with Gasteiger partial charge in [0, 0.05) is 16.1 Å². The van der Waals surface area contributed by atoms with Gasteiger partial charge in [0.1, 0.15) is 5.82 Å². The van der Waals surface area contributed by atoms with Crippen LogP contribution in [0, 0.1) is 5.82 Å². The number of carbonyl (C=O) groups excluding carboxylic acids is 1. The SMILES string of the molecule is O=C(Nc1ccc(F)c(Cl)c1)c1nn(-c2ccc(Cl)cc2)c(=O)c2ccccc12. The number of anilines is 1. The summed E-state index contributed by atoms with van der Waals surface area (Å²) in [5.41, 5.74) is 0.431. The first-order chi connectivity index (χ1) is 13.9. The molecule has 0 saturated carbocycles. The zero-order chi connectivity index (χ0) is 20.5. The molecule has 144 valence electrons. The molecule has 5 nitrogen and oxygen atoms in total. The van der Waals surface area contributed by atoms with E-state index in [4.69, 9.17) is 23.2 Å². The van der Waals surface area contributed by atoms with Crippen molar-refractivity contribution in [3.05, 3.63) is 98.6 Å². The molecule has 0 atom stereocenters. The van der Waals surface area contributed by atoms with Gasteiger partial charge in [-0.05, 0) is 48.5 Å². The van der Waals surface area contributed by atoms with Crippen LogP contribution in [0.3, 0.4) is 0 Å². The van der Waals surface area contributed by atoms with Gasteiger partial charge in [0.05, 0.1) is 16.1 Å². The molecule has 0 aliphatic carbocycles. The molecular formula is C21H12Cl2FN3O2. The highest BCUT2D eigenvalue weighted by molar-refractivity contribution is 6.31. The Bertz CT molecular complexity index is 1300. The Hall–Kier alpha value is -3.22. The summed E-state index contributed by atoms with van der Waals surface area (Å²) in [5, 5.41) is 8.03. The van der Waals surface area contributed by atoms with E-state index >= 15 is 0 Å². The predicted octanol–water partition coefficient (Wildman–Crippen LogP) is 5.08. The Morgan fingerprint density at radius 1 is 0.966 bits per heavy atom. The monoisotopic (exact) mass is 427 g/mol. The number of benzene rings is 3. The van der Waals surface area contributed by atoms with E-state index in [-0.39, 0.29) is 16.3 Å². The summed E-state index contributed by atoms with van der Waals surface area (Å²) < 4.78 is 14.5. The van der Waals surface area contributed by atoms with Crippen molar-refractivity contribution in [2.75, 3.05) is 5.32 Å². The number of nitrogens with zero attached hydrogens (tertiary/aromatic N) is 2. The van der Waals surface area contributed by atoms with Crippen molar-refractivity contribution in [1.82, 2.24) is 9.78 Å². The van der Waals surface area contributed by atoms with Crippen molar-refractivity contribution in [3.8, 4) is 5.69 Å². The third kappa shape index (κ3) is 3.72. The van der Waals surface area contributed by atoms with Crippen molar-refractivity contribution >= 4 is 45.6 Å². The fraction of sp³-hybridized carbons (Fsp3) is 0. The maximum atomic E-state index is 13.4. The standard InChI is InChI=1S/C21H12Cl2FN3O2/c22-12-5-8-14(9-6-12)27-21(29)16-4-2-1-3-15(16)19(26-27)20(28)25-13-7-10-18(24)17(23)11-13/h1-11H,(H,25,28). The van der Waals surface area contributed by atoms with Crippen LogP contribution >= 0.6 is 23.2 Å². The number of nitrogens with one attached hydrogen (secondary N) is 1. The number of hydrogen-bond acceptors (Lipinski definition) is 3. The molecule has 0 unspecified atom stereocenters. The van der Waals surface area contributed by atoms with E-state index in [0.717, 1.165) is 10.7 Å². The molecular weight excluding hydrogens is 416 g/mol. The smallest absolute Gasteiger partial charge is 0.279 e. The summed E-state index contributed by atoms with van der Waals surface area (Å²) in [5.74, 6) is -1.16. The van der Waals surface area contributed by atoms with Gasteiger partial charge in [-0.15, -0.1) is 0 Å². The Morgan fingerprint density at radius 3 is 2.34 bits per heavy atom. The molecule has 1 heterocycles. The molecule has 1 N–H and O–H groups in total. The van der Waals surface area contributed by atoms with E-state index in [9.17, 15) is 14.0 Å². The summed E-state index contributed by atoms with van der Waals surface area (Å²) in [6, 6.07) is 17.0. The second-order valence-corrected chi connectivity index (χ2v) is 7.01. The maximum absolute atomic E-state index is 13.4. The minimum atomic E-state index is -0.593. The second-order valence-electron chi connectivity index (χ2n) is 6.17. The fourth-order valence-corrected chi connectivity index (χ4v) is 3.19. The number of aromatic nitrogens is 2. The van der Waals surface area contributed by atoms with Gasteiger partial charge < -0.3 is 5.32 Å². The molecule has 0 bridgehead atoms. The first-order valence-electron chi connectivity index (χ1n) is 8.48. The molecule has 0 aliphatic rings. The first kappa shape index (κ1) is 19.1. The molecule has 0 spiro atoms. The van der Waals surface area contributed by atoms with E-state index in [2.05, 4.69) is 10.4 Å². The normalized spacial score (nSPS) is 10.9. The van der Waals surface area contributed by atoms with Crippen molar-refractivity contribution in [2.45, 2.75) is 0 Å². The van der Waals surface area contributed by atoms with Gasteiger partial charge in [-0.1, -0.05) is 41.4 Å². The van der Waals surface area contributed by atoms with E-state index in [0.29, 0.717) is 27.2 Å². The minimum absolute atomic E-state index is 0.0376. The Labute approximate surface area is 174 Å². The number of carbonyl (C=O) groups is 1. The predicted molar refractivity (Wildman–Crippen MR) is 112 cm³/mol. The van der Waals surface area contributed by atoms with Crippen LogP contribution < -0.4 is 10.9 Å². The van der Waals surface area contributed by atoms with Gasteiger partial charge in [0.15, 0.2) is 5.69 Å². The molecule has 8 heteroatoms. The van der Waals surface area contributed by atoms with Crippen LogP contribution in [0.15, 0.2) is 71.5 Å². The maximum Gasteiger partial charge on any atom is 0.279 e. The molecule has 1 amide bonds. The molecule has 0 radical (unpaired) electrons. The summed E-state index contributed by atoms with van der Waals surface area (Å²) in [7, 11) is 0. The van der Waals surface area contributed by atoms with Gasteiger partial charge in [-0.3, -0.25) is 9.59 Å². The lowest BCUT2D eigenvalue weighted by Crippen LogP contribution is -2.26. The van der Waals surface area contributed by atoms with Gasteiger partial charge in [0.2, 0.25) is 0 Å². The highest BCUT2D eigenvalue weighted by Gasteiger charge is 2.18. The number of halogens is 3. The van der Waals surface area contributed by atoms with Crippen LogP contribution in [0.5, 0.6) is 0 Å².